The number of benzene rings is 3. The molecule has 1 aliphatic heterocycles. The van der Waals surface area contributed by atoms with E-state index in [-0.39, 0.29) is 12.0 Å². The van der Waals surface area contributed by atoms with E-state index in [9.17, 15) is 22.8 Å². The fraction of sp³-hybridized carbons (Fsp3) is 0.389. The van der Waals surface area contributed by atoms with Crippen molar-refractivity contribution < 1.29 is 36.6 Å². The molecule has 0 saturated carbocycles. The number of methoxy groups -OCH3 is 1. The van der Waals surface area contributed by atoms with Crippen molar-refractivity contribution >= 4 is 17.6 Å². The number of carbonyl (C=O) groups is 2. The van der Waals surface area contributed by atoms with Gasteiger partial charge in [0.1, 0.15) is 11.9 Å². The molecule has 0 N–H and O–H groups in total. The largest absolute Gasteiger partial charge is 0.465 e. The average molecular weight is 624 g/mol. The second-order valence-electron chi connectivity index (χ2n) is 13.0. The summed E-state index contributed by atoms with van der Waals surface area (Å²) in [5.74, 6) is -0.867. The highest BCUT2D eigenvalue weighted by Gasteiger charge is 2.42. The Hall–Kier alpha value is -4.14. The molecule has 0 radical (unpaired) electrons. The van der Waals surface area contributed by atoms with Gasteiger partial charge >= 0.3 is 18.2 Å². The number of halogens is 4. The molecule has 5 rings (SSSR count). The molecular formula is C36H37F4NO4. The van der Waals surface area contributed by atoms with Crippen molar-refractivity contribution in [2.24, 2.45) is 5.41 Å². The van der Waals surface area contributed by atoms with Crippen LogP contribution in [0, 0.1) is 25.1 Å². The lowest BCUT2D eigenvalue weighted by Crippen LogP contribution is -2.35. The normalized spacial score (nSPS) is 20.0. The zero-order valence-corrected chi connectivity index (χ0v) is 26.3. The Bertz CT molecular complexity index is 1690. The molecule has 3 aromatic rings. The van der Waals surface area contributed by atoms with E-state index in [1.54, 1.807) is 43.0 Å². The van der Waals surface area contributed by atoms with Crippen LogP contribution in [0.4, 0.5) is 22.4 Å². The van der Waals surface area contributed by atoms with E-state index < -0.39 is 41.8 Å². The van der Waals surface area contributed by atoms with Crippen molar-refractivity contribution in [2.45, 2.75) is 72.2 Å². The molecule has 1 aliphatic carbocycles. The second-order valence-corrected chi connectivity index (χ2v) is 13.0. The number of hydrogen-bond acceptors (Lipinski definition) is 4. The van der Waals surface area contributed by atoms with Gasteiger partial charge in [-0.3, -0.25) is 4.90 Å². The van der Waals surface area contributed by atoms with Crippen molar-refractivity contribution in [1.82, 2.24) is 4.90 Å². The van der Waals surface area contributed by atoms with Crippen LogP contribution in [0.25, 0.3) is 16.7 Å². The van der Waals surface area contributed by atoms with Gasteiger partial charge in [-0.05, 0) is 127 Å². The summed E-state index contributed by atoms with van der Waals surface area (Å²) in [6, 6.07) is 13.2. The topological polar surface area (TPSA) is 55.8 Å². The quantitative estimate of drug-likeness (QED) is 0.203. The van der Waals surface area contributed by atoms with Crippen LogP contribution < -0.4 is 0 Å². The maximum absolute atomic E-state index is 15.2. The molecule has 5 nitrogen and oxygen atoms in total. The standard InChI is InChI=1S/C36H37F4NO4/c1-20-11-26(15-28(12-20)36(38,39)40)32-22(3)41(34(43)45-32)19-27-18-35(4,5)10-9-31(27)25-14-24(16-29(37)17-25)30-8-7-23(13-21(30)2)33(42)44-6/h7-8,11-17,22,32H,9-10,18-19H2,1-6H3/t22-,32-/m0/s1. The molecule has 1 heterocycles. The van der Waals surface area contributed by atoms with E-state index in [0.29, 0.717) is 40.7 Å². The van der Waals surface area contributed by atoms with Gasteiger partial charge in [-0.2, -0.15) is 13.2 Å². The van der Waals surface area contributed by atoms with E-state index in [0.717, 1.165) is 40.8 Å². The van der Waals surface area contributed by atoms with E-state index in [1.807, 2.05) is 13.0 Å². The molecule has 1 saturated heterocycles. The predicted octanol–water partition coefficient (Wildman–Crippen LogP) is 9.46. The summed E-state index contributed by atoms with van der Waals surface area (Å²) in [6.45, 7) is 9.72. The second kappa shape index (κ2) is 12.0. The minimum absolute atomic E-state index is 0.0697. The van der Waals surface area contributed by atoms with Crippen LogP contribution in [0.3, 0.4) is 0 Å². The number of esters is 1. The highest BCUT2D eigenvalue weighted by atomic mass is 19.4. The van der Waals surface area contributed by atoms with E-state index in [4.69, 9.17) is 9.47 Å². The van der Waals surface area contributed by atoms with Crippen LogP contribution in [0.2, 0.25) is 0 Å². The summed E-state index contributed by atoms with van der Waals surface area (Å²) in [4.78, 5) is 26.8. The zero-order chi connectivity index (χ0) is 32.8. The fourth-order valence-corrected chi connectivity index (χ4v) is 6.57. The Labute approximate surface area is 260 Å². The summed E-state index contributed by atoms with van der Waals surface area (Å²) in [7, 11) is 1.32. The maximum Gasteiger partial charge on any atom is 0.416 e. The Morgan fingerprint density at radius 2 is 1.76 bits per heavy atom. The van der Waals surface area contributed by atoms with Gasteiger partial charge in [0.05, 0.1) is 24.3 Å². The molecule has 0 unspecified atom stereocenters. The molecular weight excluding hydrogens is 586 g/mol. The van der Waals surface area contributed by atoms with E-state index >= 15 is 4.39 Å². The highest BCUT2D eigenvalue weighted by Crippen LogP contribution is 2.45. The summed E-state index contributed by atoms with van der Waals surface area (Å²) < 4.78 is 66.4. The fourth-order valence-electron chi connectivity index (χ4n) is 6.57. The summed E-state index contributed by atoms with van der Waals surface area (Å²) in [5, 5.41) is 0. The number of amides is 1. The monoisotopic (exact) mass is 623 g/mol. The summed E-state index contributed by atoms with van der Waals surface area (Å²) in [6.07, 6.45) is -3.80. The third-order valence-corrected chi connectivity index (χ3v) is 8.88. The lowest BCUT2D eigenvalue weighted by Gasteiger charge is -2.35. The molecule has 2 atom stereocenters. The Balaban J connectivity index is 1.50. The van der Waals surface area contributed by atoms with Crippen molar-refractivity contribution in [3.05, 3.63) is 99.4 Å². The number of alkyl halides is 3. The molecule has 0 bridgehead atoms. The van der Waals surface area contributed by atoms with Crippen molar-refractivity contribution in [1.29, 1.82) is 0 Å². The van der Waals surface area contributed by atoms with Crippen molar-refractivity contribution in [3.8, 4) is 11.1 Å². The van der Waals surface area contributed by atoms with Gasteiger partial charge in [-0.1, -0.05) is 31.5 Å². The van der Waals surface area contributed by atoms with Gasteiger partial charge in [-0.15, -0.1) is 0 Å². The third-order valence-electron chi connectivity index (χ3n) is 8.88. The number of nitrogens with zero attached hydrogens (tertiary/aromatic N) is 1. The molecule has 1 fully saturated rings. The van der Waals surface area contributed by atoms with Crippen LogP contribution in [-0.4, -0.2) is 36.7 Å². The van der Waals surface area contributed by atoms with Crippen LogP contribution >= 0.6 is 0 Å². The van der Waals surface area contributed by atoms with Crippen LogP contribution in [-0.2, 0) is 15.7 Å². The Morgan fingerprint density at radius 3 is 2.42 bits per heavy atom. The van der Waals surface area contributed by atoms with Crippen LogP contribution in [0.5, 0.6) is 0 Å². The molecule has 9 heteroatoms. The smallest absolute Gasteiger partial charge is 0.416 e. The molecule has 1 amide bonds. The predicted molar refractivity (Wildman–Crippen MR) is 164 cm³/mol. The van der Waals surface area contributed by atoms with Gasteiger partial charge in [-0.25, -0.2) is 14.0 Å². The molecule has 3 aromatic carbocycles. The minimum atomic E-state index is -4.52. The molecule has 0 aromatic heterocycles. The number of rotatable bonds is 6. The number of cyclic esters (lactones) is 1. The first-order valence-corrected chi connectivity index (χ1v) is 14.9. The minimum Gasteiger partial charge on any atom is -0.465 e. The van der Waals surface area contributed by atoms with Gasteiger partial charge in [0.15, 0.2) is 0 Å². The number of aryl methyl sites for hydroxylation is 2. The van der Waals surface area contributed by atoms with Gasteiger partial charge in [0.2, 0.25) is 0 Å². The van der Waals surface area contributed by atoms with Gasteiger partial charge in [0, 0.05) is 6.54 Å². The summed E-state index contributed by atoms with van der Waals surface area (Å²) in [5.41, 5.74) is 5.11. The average Bonchev–Trinajstić information content (AvgIpc) is 3.23. The van der Waals surface area contributed by atoms with Gasteiger partial charge < -0.3 is 9.47 Å². The first-order chi connectivity index (χ1) is 21.1. The number of hydrogen-bond donors (Lipinski definition) is 0. The Kier molecular flexibility index (Phi) is 8.59. The molecule has 45 heavy (non-hydrogen) atoms. The number of ether oxygens (including phenoxy) is 2. The molecule has 2 aliphatic rings. The molecule has 0 spiro atoms. The summed E-state index contributed by atoms with van der Waals surface area (Å²) >= 11 is 0. The maximum atomic E-state index is 15.2. The van der Waals surface area contributed by atoms with Gasteiger partial charge in [0.25, 0.3) is 0 Å². The first kappa shape index (κ1) is 32.3. The lowest BCUT2D eigenvalue weighted by atomic mass is 9.72. The Morgan fingerprint density at radius 1 is 1.04 bits per heavy atom. The first-order valence-electron chi connectivity index (χ1n) is 14.9. The van der Waals surface area contributed by atoms with Crippen LogP contribution in [0.15, 0.2) is 60.2 Å². The van der Waals surface area contributed by atoms with Crippen LogP contribution in [0.1, 0.15) is 84.3 Å². The zero-order valence-electron chi connectivity index (χ0n) is 26.3. The number of carbonyl (C=O) groups excluding carboxylic acids is 2. The van der Waals surface area contributed by atoms with E-state index in [1.165, 1.54) is 19.2 Å². The van der Waals surface area contributed by atoms with Crippen molar-refractivity contribution in [3.63, 3.8) is 0 Å². The van der Waals surface area contributed by atoms with E-state index in [2.05, 4.69) is 13.8 Å². The highest BCUT2D eigenvalue weighted by molar-refractivity contribution is 5.90. The SMILES string of the molecule is COC(=O)c1ccc(-c2cc(F)cc(C3=C(CN4C(=O)O[C@H](c5cc(C)cc(C(F)(F)F)c5)[C@@H]4C)CC(C)(C)CC3)c2)c(C)c1. The van der Waals surface area contributed by atoms with Crippen molar-refractivity contribution in [2.75, 3.05) is 13.7 Å². The lowest BCUT2D eigenvalue weighted by molar-refractivity contribution is -0.137. The third kappa shape index (κ3) is 6.77. The number of allylic oxidation sites excluding steroid dienone is 1. The molecule has 238 valence electrons.